The quantitative estimate of drug-likeness (QED) is 0.688. The number of nitrogens with zero attached hydrogens (tertiary/aromatic N) is 3. The van der Waals surface area contributed by atoms with E-state index in [9.17, 15) is 13.2 Å². The van der Waals surface area contributed by atoms with Crippen LogP contribution in [0.1, 0.15) is 37.4 Å². The van der Waals surface area contributed by atoms with Crippen molar-refractivity contribution in [3.63, 3.8) is 0 Å². The molecular formula is C16H25ClN4O3S. The van der Waals surface area contributed by atoms with E-state index in [1.54, 1.807) is 10.8 Å². The lowest BCUT2D eigenvalue weighted by Gasteiger charge is -2.13. The summed E-state index contributed by atoms with van der Waals surface area (Å²) in [4.78, 5) is 11.9. The molecule has 1 amide bonds. The van der Waals surface area contributed by atoms with Gasteiger partial charge in [0.2, 0.25) is 15.9 Å². The molecule has 0 unspecified atom stereocenters. The Hall–Kier alpha value is -1.38. The van der Waals surface area contributed by atoms with E-state index in [4.69, 9.17) is 11.6 Å². The molecule has 1 aromatic heterocycles. The molecule has 1 fully saturated rings. The van der Waals surface area contributed by atoms with Gasteiger partial charge in [-0.25, -0.2) is 12.7 Å². The number of sulfonamides is 1. The molecule has 9 heteroatoms. The van der Waals surface area contributed by atoms with Gasteiger partial charge in [0, 0.05) is 37.8 Å². The number of hydrogen-bond donors (Lipinski definition) is 1. The normalized spacial score (nSPS) is 17.4. The standard InChI is InChI=1S/C16H25ClN4O3S/c1-3-4-10-21-16(17)14(13(2)19-21)6-7-15(22)18-8-11-20-9-5-12-25(20,23)24/h6-7H,3-5,8-12H2,1-2H3,(H,18,22). The highest BCUT2D eigenvalue weighted by Crippen LogP contribution is 2.21. The van der Waals surface area contributed by atoms with Crippen molar-refractivity contribution in [3.05, 3.63) is 22.5 Å². The van der Waals surface area contributed by atoms with Gasteiger partial charge in [-0.2, -0.15) is 5.10 Å². The molecule has 2 rings (SSSR count). The first-order chi connectivity index (χ1) is 11.8. The first-order valence-electron chi connectivity index (χ1n) is 8.51. The summed E-state index contributed by atoms with van der Waals surface area (Å²) in [5.41, 5.74) is 1.50. The van der Waals surface area contributed by atoms with Crippen LogP contribution in [0.2, 0.25) is 5.15 Å². The monoisotopic (exact) mass is 388 g/mol. The Morgan fingerprint density at radius 3 is 2.80 bits per heavy atom. The van der Waals surface area contributed by atoms with Crippen LogP contribution in [0, 0.1) is 6.92 Å². The van der Waals surface area contributed by atoms with Crippen LogP contribution in [0.25, 0.3) is 6.08 Å². The number of unbranched alkanes of at least 4 members (excludes halogenated alkanes) is 1. The molecular weight excluding hydrogens is 364 g/mol. The van der Waals surface area contributed by atoms with E-state index < -0.39 is 10.0 Å². The largest absolute Gasteiger partial charge is 0.351 e. The maximum atomic E-state index is 11.9. The highest BCUT2D eigenvalue weighted by Gasteiger charge is 2.27. The van der Waals surface area contributed by atoms with Gasteiger partial charge in [0.1, 0.15) is 5.15 Å². The van der Waals surface area contributed by atoms with Crippen LogP contribution in [0.4, 0.5) is 0 Å². The minimum Gasteiger partial charge on any atom is -0.351 e. The zero-order chi connectivity index (χ0) is 18.4. The Morgan fingerprint density at radius 1 is 1.40 bits per heavy atom. The molecule has 0 aromatic carbocycles. The average Bonchev–Trinajstić information content (AvgIpc) is 3.02. The van der Waals surface area contributed by atoms with Crippen molar-refractivity contribution in [2.45, 2.75) is 39.7 Å². The Morgan fingerprint density at radius 2 is 2.16 bits per heavy atom. The lowest BCUT2D eigenvalue weighted by Crippen LogP contribution is -2.35. The molecule has 0 atom stereocenters. The number of rotatable bonds is 8. The van der Waals surface area contributed by atoms with E-state index in [1.807, 2.05) is 6.92 Å². The van der Waals surface area contributed by atoms with Gasteiger partial charge in [-0.05, 0) is 25.8 Å². The van der Waals surface area contributed by atoms with Crippen LogP contribution < -0.4 is 5.32 Å². The summed E-state index contributed by atoms with van der Waals surface area (Å²) in [6, 6.07) is 0. The third-order valence-corrected chi connectivity index (χ3v) is 6.45. The molecule has 1 aromatic rings. The first-order valence-corrected chi connectivity index (χ1v) is 10.5. The van der Waals surface area contributed by atoms with Crippen molar-refractivity contribution >= 4 is 33.6 Å². The number of aryl methyl sites for hydroxylation is 2. The number of aromatic nitrogens is 2. The smallest absolute Gasteiger partial charge is 0.244 e. The highest BCUT2D eigenvalue weighted by molar-refractivity contribution is 7.89. The zero-order valence-corrected chi connectivity index (χ0v) is 16.2. The minimum absolute atomic E-state index is 0.195. The summed E-state index contributed by atoms with van der Waals surface area (Å²) in [6.07, 6.45) is 5.74. The van der Waals surface area contributed by atoms with Crippen molar-refractivity contribution in [2.24, 2.45) is 0 Å². The van der Waals surface area contributed by atoms with Crippen molar-refractivity contribution in [1.29, 1.82) is 0 Å². The Bertz CT molecular complexity index is 743. The van der Waals surface area contributed by atoms with E-state index in [1.165, 1.54) is 10.4 Å². The predicted molar refractivity (Wildman–Crippen MR) is 98.9 cm³/mol. The van der Waals surface area contributed by atoms with Crippen LogP contribution in [0.5, 0.6) is 0 Å². The SMILES string of the molecule is CCCCn1nc(C)c(C=CC(=O)NCCN2CCCS2(=O)=O)c1Cl. The zero-order valence-electron chi connectivity index (χ0n) is 14.7. The van der Waals surface area contributed by atoms with Crippen molar-refractivity contribution in [3.8, 4) is 0 Å². The maximum Gasteiger partial charge on any atom is 0.244 e. The van der Waals surface area contributed by atoms with Crippen LogP contribution >= 0.6 is 11.6 Å². The fourth-order valence-electron chi connectivity index (χ4n) is 2.68. The van der Waals surface area contributed by atoms with Gasteiger partial charge in [-0.1, -0.05) is 24.9 Å². The van der Waals surface area contributed by atoms with E-state index in [0.717, 1.165) is 30.6 Å². The summed E-state index contributed by atoms with van der Waals surface area (Å²) in [7, 11) is -3.12. The second-order valence-electron chi connectivity index (χ2n) is 6.06. The van der Waals surface area contributed by atoms with Gasteiger partial charge in [0.15, 0.2) is 0 Å². The lowest BCUT2D eigenvalue weighted by atomic mass is 10.2. The molecule has 25 heavy (non-hydrogen) atoms. The number of nitrogens with one attached hydrogen (secondary N) is 1. The van der Waals surface area contributed by atoms with Gasteiger partial charge >= 0.3 is 0 Å². The third-order valence-electron chi connectivity index (χ3n) is 4.10. The number of carbonyl (C=O) groups is 1. The van der Waals surface area contributed by atoms with Gasteiger partial charge in [0.25, 0.3) is 0 Å². The van der Waals surface area contributed by atoms with Gasteiger partial charge in [-0.3, -0.25) is 9.48 Å². The molecule has 0 saturated carbocycles. The van der Waals surface area contributed by atoms with Crippen LogP contribution in [0.15, 0.2) is 6.08 Å². The van der Waals surface area contributed by atoms with Crippen LogP contribution in [-0.2, 0) is 21.4 Å². The summed E-state index contributed by atoms with van der Waals surface area (Å²) in [6.45, 7) is 5.81. The molecule has 7 nitrogen and oxygen atoms in total. The molecule has 0 spiro atoms. The summed E-state index contributed by atoms with van der Waals surface area (Å²) >= 11 is 6.31. The third kappa shape index (κ3) is 5.29. The van der Waals surface area contributed by atoms with E-state index >= 15 is 0 Å². The summed E-state index contributed by atoms with van der Waals surface area (Å²) in [5.74, 6) is -0.0888. The first kappa shape index (κ1) is 19.9. The Kier molecular flexibility index (Phi) is 7.04. The van der Waals surface area contributed by atoms with Crippen molar-refractivity contribution in [1.82, 2.24) is 19.4 Å². The summed E-state index contributed by atoms with van der Waals surface area (Å²) in [5, 5.41) is 7.61. The molecule has 140 valence electrons. The second-order valence-corrected chi connectivity index (χ2v) is 8.51. The van der Waals surface area contributed by atoms with Gasteiger partial charge in [-0.15, -0.1) is 0 Å². The van der Waals surface area contributed by atoms with Crippen LogP contribution in [-0.4, -0.2) is 53.8 Å². The van der Waals surface area contributed by atoms with E-state index in [2.05, 4.69) is 17.3 Å². The summed E-state index contributed by atoms with van der Waals surface area (Å²) < 4.78 is 26.5. The van der Waals surface area contributed by atoms with Gasteiger partial charge < -0.3 is 5.32 Å². The average molecular weight is 389 g/mol. The molecule has 1 aliphatic rings. The van der Waals surface area contributed by atoms with Crippen LogP contribution in [0.3, 0.4) is 0 Å². The fourth-order valence-corrected chi connectivity index (χ4v) is 4.53. The number of halogens is 1. The van der Waals surface area contributed by atoms with E-state index in [-0.39, 0.29) is 18.2 Å². The molecule has 0 radical (unpaired) electrons. The van der Waals surface area contributed by atoms with E-state index in [0.29, 0.717) is 24.7 Å². The van der Waals surface area contributed by atoms with Gasteiger partial charge in [0.05, 0.1) is 11.4 Å². The Balaban J connectivity index is 1.87. The lowest BCUT2D eigenvalue weighted by molar-refractivity contribution is -0.116. The minimum atomic E-state index is -3.12. The Labute approximate surface area is 154 Å². The predicted octanol–water partition coefficient (Wildman–Crippen LogP) is 1.81. The van der Waals surface area contributed by atoms with Crippen molar-refractivity contribution in [2.75, 3.05) is 25.4 Å². The molecule has 0 aliphatic carbocycles. The molecule has 0 bridgehead atoms. The number of carbonyl (C=O) groups excluding carboxylic acids is 1. The molecule has 1 saturated heterocycles. The number of hydrogen-bond acceptors (Lipinski definition) is 4. The molecule has 1 N–H and O–H groups in total. The number of amides is 1. The second kappa shape index (κ2) is 8.82. The fraction of sp³-hybridized carbons (Fsp3) is 0.625. The maximum absolute atomic E-state index is 11.9. The molecule has 1 aliphatic heterocycles. The van der Waals surface area contributed by atoms with Crippen molar-refractivity contribution < 1.29 is 13.2 Å². The molecule has 2 heterocycles. The topological polar surface area (TPSA) is 84.3 Å². The highest BCUT2D eigenvalue weighted by atomic mass is 35.5.